The summed E-state index contributed by atoms with van der Waals surface area (Å²) in [6.45, 7) is 2.75. The maximum Gasteiger partial charge on any atom is 0.260 e. The maximum absolute atomic E-state index is 11.9. The lowest BCUT2D eigenvalue weighted by Gasteiger charge is -2.06. The van der Waals surface area contributed by atoms with Crippen LogP contribution in [0.1, 0.15) is 11.4 Å². The smallest absolute Gasteiger partial charge is 0.260 e. The molecule has 0 aliphatic carbocycles. The van der Waals surface area contributed by atoms with Crippen LogP contribution in [-0.4, -0.2) is 32.2 Å². The van der Waals surface area contributed by atoms with Gasteiger partial charge in [0.2, 0.25) is 5.95 Å². The summed E-state index contributed by atoms with van der Waals surface area (Å²) < 4.78 is 0. The second kappa shape index (κ2) is 6.65. The van der Waals surface area contributed by atoms with Gasteiger partial charge in [0.15, 0.2) is 0 Å². The number of anilines is 1. The lowest BCUT2D eigenvalue weighted by Crippen LogP contribution is -2.14. The molecule has 0 atom stereocenters. The Morgan fingerprint density at radius 3 is 3.00 bits per heavy atom. The van der Waals surface area contributed by atoms with Gasteiger partial charge in [-0.15, -0.1) is 0 Å². The van der Waals surface area contributed by atoms with E-state index in [1.807, 2.05) is 25.1 Å². The molecule has 3 rings (SSSR count). The minimum atomic E-state index is -0.118. The number of H-pyrrole nitrogens is 2. The number of benzene rings is 1. The largest absolute Gasteiger partial charge is 0.355 e. The zero-order valence-electron chi connectivity index (χ0n) is 12.2. The highest BCUT2D eigenvalue weighted by Crippen LogP contribution is 2.12. The van der Waals surface area contributed by atoms with E-state index in [1.54, 1.807) is 24.2 Å². The van der Waals surface area contributed by atoms with Gasteiger partial charge in [-0.05, 0) is 19.1 Å². The number of para-hydroxylation sites is 1. The van der Waals surface area contributed by atoms with Crippen molar-refractivity contribution in [3.63, 3.8) is 0 Å². The lowest BCUT2D eigenvalue weighted by molar-refractivity contribution is 1.09. The topological polar surface area (TPSA) is 86.5 Å². The maximum atomic E-state index is 11.9. The van der Waals surface area contributed by atoms with Crippen LogP contribution < -0.4 is 10.9 Å². The van der Waals surface area contributed by atoms with E-state index in [0.717, 1.165) is 29.4 Å². The summed E-state index contributed by atoms with van der Waals surface area (Å²) >= 11 is 1.79. The normalized spacial score (nSPS) is 11.0. The van der Waals surface area contributed by atoms with E-state index in [2.05, 4.69) is 25.3 Å². The van der Waals surface area contributed by atoms with Gasteiger partial charge in [0.1, 0.15) is 0 Å². The van der Waals surface area contributed by atoms with Gasteiger partial charge >= 0.3 is 0 Å². The van der Waals surface area contributed by atoms with Crippen LogP contribution >= 0.6 is 11.8 Å². The monoisotopic (exact) mass is 315 g/mol. The molecule has 7 heteroatoms. The number of fused-ring (bicyclic) bond motifs is 1. The average molecular weight is 315 g/mol. The number of thioether (sulfide) groups is 1. The number of rotatable bonds is 6. The number of aromatic nitrogens is 4. The number of aromatic amines is 2. The highest BCUT2D eigenvalue weighted by molar-refractivity contribution is 7.98. The summed E-state index contributed by atoms with van der Waals surface area (Å²) in [5.74, 6) is 2.29. The number of hydrogen-bond acceptors (Lipinski definition) is 5. The molecular weight excluding hydrogens is 298 g/mol. The zero-order valence-corrected chi connectivity index (χ0v) is 13.0. The third-order valence-corrected chi connectivity index (χ3v) is 4.30. The summed E-state index contributed by atoms with van der Waals surface area (Å²) in [5.41, 5.74) is 2.78. The first-order valence-corrected chi connectivity index (χ1v) is 8.19. The molecule has 3 N–H and O–H groups in total. The molecule has 22 heavy (non-hydrogen) atoms. The number of imidazole rings is 1. The number of hydrogen-bond donors (Lipinski definition) is 3. The fraction of sp³-hybridized carbons (Fsp3) is 0.267. The van der Waals surface area contributed by atoms with E-state index in [4.69, 9.17) is 0 Å². The number of nitrogens with zero attached hydrogens (tertiary/aromatic N) is 2. The molecule has 0 radical (unpaired) electrons. The van der Waals surface area contributed by atoms with Gasteiger partial charge < -0.3 is 10.3 Å². The van der Waals surface area contributed by atoms with Crippen LogP contribution in [0.5, 0.6) is 0 Å². The van der Waals surface area contributed by atoms with Crippen LogP contribution in [-0.2, 0) is 5.75 Å². The Morgan fingerprint density at radius 1 is 1.32 bits per heavy atom. The number of nitrogens with one attached hydrogen (secondary N) is 3. The average Bonchev–Trinajstić information content (AvgIpc) is 2.92. The molecule has 0 saturated carbocycles. The van der Waals surface area contributed by atoms with Gasteiger partial charge in [0.05, 0.1) is 22.9 Å². The van der Waals surface area contributed by atoms with Crippen molar-refractivity contribution in [2.45, 2.75) is 12.7 Å². The van der Waals surface area contributed by atoms with E-state index in [9.17, 15) is 4.79 Å². The predicted octanol–water partition coefficient (Wildman–Crippen LogP) is 2.30. The molecule has 3 aromatic rings. The second-order valence-electron chi connectivity index (χ2n) is 4.89. The van der Waals surface area contributed by atoms with Gasteiger partial charge in [-0.3, -0.25) is 9.78 Å². The third kappa shape index (κ3) is 3.30. The van der Waals surface area contributed by atoms with Crippen LogP contribution in [0.25, 0.3) is 10.9 Å². The molecule has 0 bridgehead atoms. The van der Waals surface area contributed by atoms with Crippen molar-refractivity contribution >= 4 is 28.6 Å². The highest BCUT2D eigenvalue weighted by atomic mass is 32.2. The molecule has 1 aromatic carbocycles. The Balaban J connectivity index is 1.54. The van der Waals surface area contributed by atoms with Crippen molar-refractivity contribution < 1.29 is 0 Å². The Bertz CT molecular complexity index is 826. The summed E-state index contributed by atoms with van der Waals surface area (Å²) in [7, 11) is 0. The fourth-order valence-corrected chi connectivity index (χ4v) is 2.99. The first-order chi connectivity index (χ1) is 10.7. The SMILES string of the molecule is Cc1[nH]cnc1CSCCNc1nc2ccccc2c(=O)[nH]1. The lowest BCUT2D eigenvalue weighted by atomic mass is 10.2. The van der Waals surface area contributed by atoms with Crippen LogP contribution in [0.4, 0.5) is 5.95 Å². The van der Waals surface area contributed by atoms with Gasteiger partial charge in [0, 0.05) is 23.7 Å². The molecule has 0 amide bonds. The van der Waals surface area contributed by atoms with Gasteiger partial charge in [-0.2, -0.15) is 11.8 Å². The molecule has 114 valence electrons. The molecular formula is C15H17N5OS. The van der Waals surface area contributed by atoms with Crippen LogP contribution in [0.3, 0.4) is 0 Å². The molecule has 0 fully saturated rings. The van der Waals surface area contributed by atoms with Gasteiger partial charge in [-0.25, -0.2) is 9.97 Å². The molecule has 0 saturated heterocycles. The molecule has 2 aromatic heterocycles. The van der Waals surface area contributed by atoms with Crippen LogP contribution in [0, 0.1) is 6.92 Å². The minimum Gasteiger partial charge on any atom is -0.355 e. The fourth-order valence-electron chi connectivity index (χ4n) is 2.11. The Labute approximate surface area is 131 Å². The summed E-state index contributed by atoms with van der Waals surface area (Å²) in [6.07, 6.45) is 1.72. The second-order valence-corrected chi connectivity index (χ2v) is 5.99. The van der Waals surface area contributed by atoms with Crippen molar-refractivity contribution in [1.82, 2.24) is 19.9 Å². The van der Waals surface area contributed by atoms with Crippen LogP contribution in [0.2, 0.25) is 0 Å². The van der Waals surface area contributed by atoms with Crippen molar-refractivity contribution in [3.8, 4) is 0 Å². The van der Waals surface area contributed by atoms with Crippen molar-refractivity contribution in [2.75, 3.05) is 17.6 Å². The van der Waals surface area contributed by atoms with Crippen LogP contribution in [0.15, 0.2) is 35.4 Å². The van der Waals surface area contributed by atoms with E-state index in [1.165, 1.54) is 0 Å². The van der Waals surface area contributed by atoms with E-state index in [-0.39, 0.29) is 5.56 Å². The van der Waals surface area contributed by atoms with Crippen molar-refractivity contribution in [1.29, 1.82) is 0 Å². The van der Waals surface area contributed by atoms with Gasteiger partial charge in [0.25, 0.3) is 5.56 Å². The first kappa shape index (κ1) is 14.6. The van der Waals surface area contributed by atoms with Gasteiger partial charge in [-0.1, -0.05) is 12.1 Å². The Morgan fingerprint density at radius 2 is 2.18 bits per heavy atom. The molecule has 0 unspecified atom stereocenters. The van der Waals surface area contributed by atoms with E-state index < -0.39 is 0 Å². The predicted molar refractivity (Wildman–Crippen MR) is 90.3 cm³/mol. The van der Waals surface area contributed by atoms with Crippen molar-refractivity contribution in [3.05, 3.63) is 52.3 Å². The molecule has 6 nitrogen and oxygen atoms in total. The van der Waals surface area contributed by atoms with E-state index >= 15 is 0 Å². The summed E-state index contributed by atoms with van der Waals surface area (Å²) in [5, 5.41) is 3.76. The number of aryl methyl sites for hydroxylation is 1. The molecule has 0 aliphatic heterocycles. The Hall–Kier alpha value is -2.28. The van der Waals surface area contributed by atoms with E-state index in [0.29, 0.717) is 16.9 Å². The molecule has 0 aliphatic rings. The zero-order chi connectivity index (χ0) is 15.4. The summed E-state index contributed by atoms with van der Waals surface area (Å²) in [6, 6.07) is 7.32. The molecule has 0 spiro atoms. The quantitative estimate of drug-likeness (QED) is 0.608. The third-order valence-electron chi connectivity index (χ3n) is 3.32. The molecule has 2 heterocycles. The highest BCUT2D eigenvalue weighted by Gasteiger charge is 2.03. The minimum absolute atomic E-state index is 0.118. The summed E-state index contributed by atoms with van der Waals surface area (Å²) in [4.78, 5) is 26.4. The Kier molecular flexibility index (Phi) is 4.43. The van der Waals surface area contributed by atoms with Crippen molar-refractivity contribution in [2.24, 2.45) is 0 Å². The standard InChI is InChI=1S/C15H17N5OS/c1-10-13(18-9-17-10)8-22-7-6-16-15-19-12-5-3-2-4-11(12)14(21)20-15/h2-5,9H,6-8H2,1H3,(H,17,18)(H2,16,19,20,21). The first-order valence-electron chi connectivity index (χ1n) is 7.03.